The quantitative estimate of drug-likeness (QED) is 0.185. The monoisotopic (exact) mass is 548 g/mol. The summed E-state index contributed by atoms with van der Waals surface area (Å²) in [6, 6.07) is 26.8. The number of para-hydroxylation sites is 1. The Hall–Kier alpha value is -4.65. The summed E-state index contributed by atoms with van der Waals surface area (Å²) >= 11 is 0. The summed E-state index contributed by atoms with van der Waals surface area (Å²) in [5.74, 6) is 0.414. The van der Waals surface area contributed by atoms with Crippen LogP contribution in [0.2, 0.25) is 0 Å². The first-order valence-electron chi connectivity index (χ1n) is 14.1. The van der Waals surface area contributed by atoms with E-state index in [2.05, 4.69) is 41.9 Å². The second-order valence-electron chi connectivity index (χ2n) is 10.3. The van der Waals surface area contributed by atoms with E-state index in [0.29, 0.717) is 24.3 Å². The van der Waals surface area contributed by atoms with Gasteiger partial charge in [0.25, 0.3) is 0 Å². The topological polar surface area (TPSA) is 78.2 Å². The van der Waals surface area contributed by atoms with Gasteiger partial charge in [0.1, 0.15) is 17.6 Å². The van der Waals surface area contributed by atoms with Crippen molar-refractivity contribution in [2.75, 3.05) is 12.4 Å². The van der Waals surface area contributed by atoms with E-state index in [9.17, 15) is 9.59 Å². The lowest BCUT2D eigenvalue weighted by molar-refractivity contribution is -0.119. The molecule has 0 aliphatic rings. The average molecular weight is 549 g/mol. The Labute approximate surface area is 240 Å². The predicted octanol–water partition coefficient (Wildman–Crippen LogP) is 6.75. The summed E-state index contributed by atoms with van der Waals surface area (Å²) in [5.41, 5.74) is 6.53. The number of aryl methyl sites for hydroxylation is 2. The van der Waals surface area contributed by atoms with Crippen LogP contribution in [0.15, 0.2) is 91.1 Å². The van der Waals surface area contributed by atoms with Gasteiger partial charge in [-0.3, -0.25) is 4.79 Å². The zero-order valence-electron chi connectivity index (χ0n) is 23.8. The van der Waals surface area contributed by atoms with E-state index in [1.807, 2.05) is 54.6 Å². The number of imidazole rings is 1. The Bertz CT molecular complexity index is 1630. The third-order valence-electron chi connectivity index (χ3n) is 7.46. The highest BCUT2D eigenvalue weighted by Crippen LogP contribution is 2.24. The lowest BCUT2D eigenvalue weighted by atomic mass is 10.0. The van der Waals surface area contributed by atoms with Crippen molar-refractivity contribution in [2.45, 2.75) is 52.1 Å². The van der Waals surface area contributed by atoms with Gasteiger partial charge in [-0.2, -0.15) is 0 Å². The molecule has 0 saturated carbocycles. The Kier molecular flexibility index (Phi) is 8.63. The van der Waals surface area contributed by atoms with Crippen molar-refractivity contribution in [1.29, 1.82) is 0 Å². The Balaban J connectivity index is 1.37. The lowest BCUT2D eigenvalue weighted by Crippen LogP contribution is -2.29. The van der Waals surface area contributed by atoms with E-state index in [-0.39, 0.29) is 5.91 Å². The van der Waals surface area contributed by atoms with E-state index in [0.717, 1.165) is 47.2 Å². The van der Waals surface area contributed by atoms with Gasteiger partial charge in [0.05, 0.1) is 18.1 Å². The SMILES string of the molecule is CCCCc1nc2c(C)cccc2n1Cc1ccc(NC(=O)C(Cc2ccccc2)n2cccc2C(=O)OC)cc1. The van der Waals surface area contributed by atoms with Crippen molar-refractivity contribution < 1.29 is 14.3 Å². The first kappa shape index (κ1) is 27.9. The molecule has 7 heteroatoms. The summed E-state index contributed by atoms with van der Waals surface area (Å²) in [6.45, 7) is 5.01. The summed E-state index contributed by atoms with van der Waals surface area (Å²) in [7, 11) is 1.34. The number of amides is 1. The Morgan fingerprint density at radius 1 is 0.927 bits per heavy atom. The number of carbonyl (C=O) groups is 2. The Morgan fingerprint density at radius 2 is 1.71 bits per heavy atom. The van der Waals surface area contributed by atoms with Crippen LogP contribution in [0.25, 0.3) is 11.0 Å². The number of hydrogen-bond acceptors (Lipinski definition) is 4. The highest BCUT2D eigenvalue weighted by molar-refractivity contribution is 5.95. The fraction of sp³-hybridized carbons (Fsp3) is 0.265. The van der Waals surface area contributed by atoms with Gasteiger partial charge in [-0.15, -0.1) is 0 Å². The number of rotatable bonds is 11. The molecule has 7 nitrogen and oxygen atoms in total. The van der Waals surface area contributed by atoms with Crippen LogP contribution in [-0.4, -0.2) is 33.1 Å². The largest absolute Gasteiger partial charge is 0.464 e. The first-order valence-corrected chi connectivity index (χ1v) is 14.1. The van der Waals surface area contributed by atoms with Gasteiger partial charge in [0.15, 0.2) is 0 Å². The number of nitrogens with one attached hydrogen (secondary N) is 1. The van der Waals surface area contributed by atoms with Crippen LogP contribution < -0.4 is 5.32 Å². The van der Waals surface area contributed by atoms with E-state index >= 15 is 0 Å². The standard InChI is InChI=1S/C34H36N4O3/c1-4-5-16-31-36-32-24(2)11-9-14-28(32)38(31)23-26-17-19-27(20-18-26)35-33(39)30(22-25-12-7-6-8-13-25)37-21-10-15-29(37)34(40)41-3/h6-15,17-21,30H,4-5,16,22-23H2,1-3H3,(H,35,39). The maximum absolute atomic E-state index is 13.6. The Morgan fingerprint density at radius 3 is 2.44 bits per heavy atom. The van der Waals surface area contributed by atoms with Crippen molar-refractivity contribution in [3.05, 3.63) is 119 Å². The number of nitrogens with zero attached hydrogens (tertiary/aromatic N) is 3. The van der Waals surface area contributed by atoms with Crippen molar-refractivity contribution in [1.82, 2.24) is 14.1 Å². The number of carbonyl (C=O) groups excluding carboxylic acids is 2. The molecule has 210 valence electrons. The van der Waals surface area contributed by atoms with Crippen molar-refractivity contribution >= 4 is 28.6 Å². The molecule has 0 saturated heterocycles. The number of ether oxygens (including phenoxy) is 1. The second kappa shape index (κ2) is 12.7. The van der Waals surface area contributed by atoms with Crippen LogP contribution in [-0.2, 0) is 28.9 Å². The number of aromatic nitrogens is 3. The summed E-state index contributed by atoms with van der Waals surface area (Å²) in [5, 5.41) is 3.07. The molecule has 1 amide bonds. The van der Waals surface area contributed by atoms with Gasteiger partial charge in [0.2, 0.25) is 5.91 Å². The molecular formula is C34H36N4O3. The highest BCUT2D eigenvalue weighted by atomic mass is 16.5. The predicted molar refractivity (Wildman–Crippen MR) is 162 cm³/mol. The minimum Gasteiger partial charge on any atom is -0.464 e. The number of unbranched alkanes of at least 4 members (excludes halogenated alkanes) is 1. The van der Waals surface area contributed by atoms with Gasteiger partial charge in [-0.25, -0.2) is 9.78 Å². The van der Waals surface area contributed by atoms with E-state index in [1.165, 1.54) is 12.7 Å². The molecule has 3 aromatic carbocycles. The van der Waals surface area contributed by atoms with Crippen LogP contribution in [0.1, 0.15) is 58.8 Å². The van der Waals surface area contributed by atoms with Crippen molar-refractivity contribution in [2.24, 2.45) is 0 Å². The number of hydrogen-bond donors (Lipinski definition) is 1. The minimum absolute atomic E-state index is 0.208. The highest BCUT2D eigenvalue weighted by Gasteiger charge is 2.25. The van der Waals surface area contributed by atoms with Gasteiger partial charge in [-0.05, 0) is 60.4 Å². The molecular weight excluding hydrogens is 512 g/mol. The molecule has 5 aromatic rings. The number of benzene rings is 3. The number of fused-ring (bicyclic) bond motifs is 1. The average Bonchev–Trinajstić information content (AvgIpc) is 3.62. The van der Waals surface area contributed by atoms with E-state index in [4.69, 9.17) is 9.72 Å². The molecule has 5 rings (SSSR count). The van der Waals surface area contributed by atoms with Crippen LogP contribution >= 0.6 is 0 Å². The number of anilines is 1. The molecule has 2 aromatic heterocycles. The van der Waals surface area contributed by atoms with Crippen LogP contribution in [0.4, 0.5) is 5.69 Å². The van der Waals surface area contributed by atoms with Crippen LogP contribution in [0.5, 0.6) is 0 Å². The maximum Gasteiger partial charge on any atom is 0.354 e. The fourth-order valence-electron chi connectivity index (χ4n) is 5.24. The van der Waals surface area contributed by atoms with Crippen LogP contribution in [0.3, 0.4) is 0 Å². The molecule has 0 spiro atoms. The van der Waals surface area contributed by atoms with Gasteiger partial charge in [-0.1, -0.05) is 67.9 Å². The molecule has 41 heavy (non-hydrogen) atoms. The van der Waals surface area contributed by atoms with E-state index in [1.54, 1.807) is 22.9 Å². The molecule has 0 aliphatic carbocycles. The van der Waals surface area contributed by atoms with Gasteiger partial charge in [0, 0.05) is 31.3 Å². The first-order chi connectivity index (χ1) is 20.0. The summed E-state index contributed by atoms with van der Waals surface area (Å²) in [4.78, 5) is 31.0. The molecule has 1 N–H and O–H groups in total. The third-order valence-corrected chi connectivity index (χ3v) is 7.46. The zero-order chi connectivity index (χ0) is 28.8. The summed E-state index contributed by atoms with van der Waals surface area (Å²) in [6.07, 6.45) is 5.32. The van der Waals surface area contributed by atoms with Gasteiger partial charge >= 0.3 is 5.97 Å². The molecule has 1 atom stereocenters. The lowest BCUT2D eigenvalue weighted by Gasteiger charge is -2.21. The van der Waals surface area contributed by atoms with Crippen LogP contribution in [0, 0.1) is 6.92 Å². The van der Waals surface area contributed by atoms with E-state index < -0.39 is 12.0 Å². The molecule has 0 aliphatic heterocycles. The normalized spacial score (nSPS) is 11.9. The minimum atomic E-state index is -0.636. The molecule has 0 bridgehead atoms. The summed E-state index contributed by atoms with van der Waals surface area (Å²) < 4.78 is 8.95. The zero-order valence-corrected chi connectivity index (χ0v) is 23.8. The third kappa shape index (κ3) is 6.24. The number of methoxy groups -OCH3 is 1. The molecule has 0 radical (unpaired) electrons. The van der Waals surface area contributed by atoms with Crippen molar-refractivity contribution in [3.63, 3.8) is 0 Å². The number of esters is 1. The molecule has 2 heterocycles. The second-order valence-corrected chi connectivity index (χ2v) is 10.3. The smallest absolute Gasteiger partial charge is 0.354 e. The maximum atomic E-state index is 13.6. The molecule has 0 fully saturated rings. The van der Waals surface area contributed by atoms with Gasteiger partial charge < -0.3 is 19.2 Å². The van der Waals surface area contributed by atoms with Crippen molar-refractivity contribution in [3.8, 4) is 0 Å². The fourth-order valence-corrected chi connectivity index (χ4v) is 5.24. The molecule has 1 unspecified atom stereocenters.